The van der Waals surface area contributed by atoms with E-state index in [1.807, 2.05) is 6.07 Å². The fourth-order valence-electron chi connectivity index (χ4n) is 4.17. The van der Waals surface area contributed by atoms with Crippen molar-refractivity contribution in [1.29, 1.82) is 0 Å². The number of nitrogens with zero attached hydrogens (tertiary/aromatic N) is 4. The number of hydrogen-bond acceptors (Lipinski definition) is 3. The van der Waals surface area contributed by atoms with Gasteiger partial charge in [-0.15, -0.1) is 0 Å². The van der Waals surface area contributed by atoms with Gasteiger partial charge in [-0.3, -0.25) is 9.47 Å². The molecular formula is C18H24F2N4. The van der Waals surface area contributed by atoms with Crippen molar-refractivity contribution in [2.24, 2.45) is 0 Å². The van der Waals surface area contributed by atoms with Gasteiger partial charge in [-0.25, -0.2) is 4.98 Å². The lowest BCUT2D eigenvalue weighted by molar-refractivity contribution is 0.0651. The number of benzene rings is 1. The van der Waals surface area contributed by atoms with E-state index in [-0.39, 0.29) is 0 Å². The van der Waals surface area contributed by atoms with Crippen molar-refractivity contribution in [2.45, 2.75) is 44.8 Å². The molecule has 0 N–H and O–H groups in total. The average Bonchev–Trinajstić information content (AvgIpc) is 3.22. The number of piperidine rings is 1. The zero-order chi connectivity index (χ0) is 16.5. The summed E-state index contributed by atoms with van der Waals surface area (Å²) in [6, 6.07) is 7.83. The zero-order valence-corrected chi connectivity index (χ0v) is 13.9. The Morgan fingerprint density at radius 3 is 2.46 bits per heavy atom. The number of likely N-dealkylation sites (tertiary alicyclic amines) is 2. The molecule has 2 aromatic rings. The number of halogens is 2. The number of aromatic nitrogens is 2. The van der Waals surface area contributed by atoms with Gasteiger partial charge in [0, 0.05) is 19.1 Å². The Bertz CT molecular complexity index is 685. The molecular weight excluding hydrogens is 310 g/mol. The van der Waals surface area contributed by atoms with E-state index >= 15 is 0 Å². The van der Waals surface area contributed by atoms with Crippen molar-refractivity contribution in [3.05, 3.63) is 30.1 Å². The molecule has 4 rings (SSSR count). The first-order chi connectivity index (χ1) is 11.7. The van der Waals surface area contributed by atoms with Crippen molar-refractivity contribution in [3.8, 4) is 0 Å². The standard InChI is InChI=1S/C18H24F2N4/c19-18(20)24-16-6-2-1-5-15(16)21-17(24)13-22-11-7-14(8-12-22)23-9-3-4-10-23/h1-2,5-6,14,18H,3-4,7-13H2. The summed E-state index contributed by atoms with van der Waals surface area (Å²) in [4.78, 5) is 9.33. The molecule has 2 aliphatic heterocycles. The van der Waals surface area contributed by atoms with Crippen molar-refractivity contribution < 1.29 is 8.78 Å². The monoisotopic (exact) mass is 334 g/mol. The fourth-order valence-corrected chi connectivity index (χ4v) is 4.17. The van der Waals surface area contributed by atoms with Gasteiger partial charge in [-0.05, 0) is 50.9 Å². The van der Waals surface area contributed by atoms with E-state index < -0.39 is 6.55 Å². The normalized spacial score (nSPS) is 21.3. The summed E-state index contributed by atoms with van der Waals surface area (Å²) in [5.74, 6) is 0.478. The highest BCUT2D eigenvalue weighted by molar-refractivity contribution is 5.75. The number of hydrogen-bond donors (Lipinski definition) is 0. The smallest absolute Gasteiger partial charge is 0.300 e. The minimum Gasteiger partial charge on any atom is -0.300 e. The van der Waals surface area contributed by atoms with Crippen molar-refractivity contribution in [2.75, 3.05) is 26.2 Å². The van der Waals surface area contributed by atoms with Crippen LogP contribution in [0.3, 0.4) is 0 Å². The molecule has 2 fully saturated rings. The molecule has 1 aromatic heterocycles. The molecule has 0 saturated carbocycles. The van der Waals surface area contributed by atoms with Crippen LogP contribution in [-0.4, -0.2) is 51.6 Å². The molecule has 0 amide bonds. The summed E-state index contributed by atoms with van der Waals surface area (Å²) in [5.41, 5.74) is 1.18. The van der Waals surface area contributed by atoms with Crippen LogP contribution in [-0.2, 0) is 6.54 Å². The van der Waals surface area contributed by atoms with Crippen LogP contribution in [0.25, 0.3) is 11.0 Å². The molecule has 24 heavy (non-hydrogen) atoms. The van der Waals surface area contributed by atoms with Crippen LogP contribution in [0.4, 0.5) is 8.78 Å². The van der Waals surface area contributed by atoms with Gasteiger partial charge < -0.3 is 4.90 Å². The first-order valence-corrected chi connectivity index (χ1v) is 8.93. The van der Waals surface area contributed by atoms with Gasteiger partial charge in [0.2, 0.25) is 0 Å². The lowest BCUT2D eigenvalue weighted by Gasteiger charge is -2.36. The van der Waals surface area contributed by atoms with Gasteiger partial charge in [-0.2, -0.15) is 8.78 Å². The fraction of sp³-hybridized carbons (Fsp3) is 0.611. The molecule has 2 aliphatic rings. The highest BCUT2D eigenvalue weighted by atomic mass is 19.3. The Kier molecular flexibility index (Phi) is 4.50. The summed E-state index contributed by atoms with van der Waals surface area (Å²) in [7, 11) is 0. The summed E-state index contributed by atoms with van der Waals surface area (Å²) in [6.45, 7) is 2.35. The minimum absolute atomic E-state index is 0.478. The number of fused-ring (bicyclic) bond motifs is 1. The van der Waals surface area contributed by atoms with E-state index in [0.717, 1.165) is 30.5 Å². The largest absolute Gasteiger partial charge is 0.320 e. The summed E-state index contributed by atoms with van der Waals surface area (Å²) in [6.07, 6.45) is 4.90. The van der Waals surface area contributed by atoms with Crippen molar-refractivity contribution in [3.63, 3.8) is 0 Å². The van der Waals surface area contributed by atoms with E-state index in [4.69, 9.17) is 0 Å². The third-order valence-corrected chi connectivity index (χ3v) is 5.44. The Balaban J connectivity index is 1.46. The molecule has 1 aromatic carbocycles. The maximum absolute atomic E-state index is 13.5. The predicted molar refractivity (Wildman–Crippen MR) is 90.1 cm³/mol. The van der Waals surface area contributed by atoms with Gasteiger partial charge in [0.15, 0.2) is 0 Å². The van der Waals surface area contributed by atoms with Gasteiger partial charge in [0.1, 0.15) is 5.82 Å². The van der Waals surface area contributed by atoms with Crippen LogP contribution >= 0.6 is 0 Å². The first kappa shape index (κ1) is 16.0. The number of alkyl halides is 2. The molecule has 0 bridgehead atoms. The molecule has 2 saturated heterocycles. The molecule has 0 aliphatic carbocycles. The number of rotatable bonds is 4. The van der Waals surface area contributed by atoms with Crippen molar-refractivity contribution in [1.82, 2.24) is 19.4 Å². The Morgan fingerprint density at radius 1 is 1.04 bits per heavy atom. The first-order valence-electron chi connectivity index (χ1n) is 8.93. The lowest BCUT2D eigenvalue weighted by Crippen LogP contribution is -2.43. The van der Waals surface area contributed by atoms with E-state index in [1.165, 1.54) is 25.9 Å². The third-order valence-electron chi connectivity index (χ3n) is 5.44. The van der Waals surface area contributed by atoms with Crippen LogP contribution in [0.1, 0.15) is 38.1 Å². The van der Waals surface area contributed by atoms with Gasteiger partial charge in [0.05, 0.1) is 17.6 Å². The SMILES string of the molecule is FC(F)n1c(CN2CCC(N3CCCC3)CC2)nc2ccccc21. The van der Waals surface area contributed by atoms with Crippen LogP contribution in [0.2, 0.25) is 0 Å². The molecule has 4 nitrogen and oxygen atoms in total. The molecule has 130 valence electrons. The Labute approximate surface area is 141 Å². The summed E-state index contributed by atoms with van der Waals surface area (Å²) >= 11 is 0. The second-order valence-electron chi connectivity index (χ2n) is 6.91. The highest BCUT2D eigenvalue weighted by Crippen LogP contribution is 2.26. The van der Waals surface area contributed by atoms with Crippen molar-refractivity contribution >= 4 is 11.0 Å². The summed E-state index contributed by atoms with van der Waals surface area (Å²) < 4.78 is 28.1. The van der Waals surface area contributed by atoms with Crippen LogP contribution in [0.5, 0.6) is 0 Å². The molecule has 0 spiro atoms. The van der Waals surface area contributed by atoms with Crippen LogP contribution < -0.4 is 0 Å². The Hall–Kier alpha value is -1.53. The quantitative estimate of drug-likeness (QED) is 0.855. The highest BCUT2D eigenvalue weighted by Gasteiger charge is 2.27. The van der Waals surface area contributed by atoms with Crippen LogP contribution in [0, 0.1) is 0 Å². The second-order valence-corrected chi connectivity index (χ2v) is 6.91. The van der Waals surface area contributed by atoms with Gasteiger partial charge in [0.25, 0.3) is 0 Å². The van der Waals surface area contributed by atoms with E-state index in [9.17, 15) is 8.78 Å². The van der Waals surface area contributed by atoms with E-state index in [1.54, 1.807) is 18.2 Å². The number of imidazole rings is 1. The topological polar surface area (TPSA) is 24.3 Å². The van der Waals surface area contributed by atoms with Crippen LogP contribution in [0.15, 0.2) is 24.3 Å². The van der Waals surface area contributed by atoms with E-state index in [2.05, 4.69) is 14.8 Å². The summed E-state index contributed by atoms with van der Waals surface area (Å²) in [5, 5.41) is 0. The van der Waals surface area contributed by atoms with E-state index in [0.29, 0.717) is 29.4 Å². The molecule has 3 heterocycles. The molecule has 0 unspecified atom stereocenters. The maximum Gasteiger partial charge on any atom is 0.320 e. The maximum atomic E-state index is 13.5. The lowest BCUT2D eigenvalue weighted by atomic mass is 10.0. The second kappa shape index (κ2) is 6.76. The van der Waals surface area contributed by atoms with Gasteiger partial charge >= 0.3 is 6.55 Å². The Morgan fingerprint density at radius 2 is 1.75 bits per heavy atom. The molecule has 0 atom stereocenters. The number of para-hydroxylation sites is 2. The zero-order valence-electron chi connectivity index (χ0n) is 13.9. The van der Waals surface area contributed by atoms with Gasteiger partial charge in [-0.1, -0.05) is 12.1 Å². The molecule has 6 heteroatoms. The average molecular weight is 334 g/mol. The minimum atomic E-state index is -2.55. The molecule has 0 radical (unpaired) electrons. The predicted octanol–water partition coefficient (Wildman–Crippen LogP) is 3.49. The third kappa shape index (κ3) is 3.05.